The first kappa shape index (κ1) is 8.88. The zero-order chi connectivity index (χ0) is 9.26. The summed E-state index contributed by atoms with van der Waals surface area (Å²) in [5.41, 5.74) is 1.37. The van der Waals surface area contributed by atoms with Gasteiger partial charge >= 0.3 is 5.97 Å². The third kappa shape index (κ3) is 1.80. The Labute approximate surface area is 81.7 Å². The number of thioether (sulfide) groups is 1. The second-order valence-electron chi connectivity index (χ2n) is 3.39. The molecule has 13 heavy (non-hydrogen) atoms. The molecule has 0 saturated carbocycles. The van der Waals surface area contributed by atoms with E-state index in [1.165, 1.54) is 35.1 Å². The van der Waals surface area contributed by atoms with Crippen LogP contribution in [-0.2, 0) is 4.79 Å². The van der Waals surface area contributed by atoms with Gasteiger partial charge in [0.05, 0.1) is 0 Å². The monoisotopic (exact) mass is 196 g/mol. The van der Waals surface area contributed by atoms with Crippen molar-refractivity contribution in [3.63, 3.8) is 0 Å². The van der Waals surface area contributed by atoms with Crippen molar-refractivity contribution >= 4 is 17.7 Å². The fourth-order valence-electron chi connectivity index (χ4n) is 1.74. The van der Waals surface area contributed by atoms with E-state index in [1.54, 1.807) is 6.08 Å². The van der Waals surface area contributed by atoms with E-state index in [0.29, 0.717) is 0 Å². The van der Waals surface area contributed by atoms with Gasteiger partial charge < -0.3 is 5.11 Å². The Balaban J connectivity index is 2.15. The first-order valence-corrected chi connectivity index (χ1v) is 5.45. The maximum atomic E-state index is 10.7. The highest BCUT2D eigenvalue weighted by atomic mass is 32.2. The standard InChI is InChI=1S/C10H12O2S/c11-10(12)9-6-5-7-3-1-2-4-8(7)13-9/h5-6,9H,1-4H2,(H,11,12). The molecule has 3 heteroatoms. The van der Waals surface area contributed by atoms with Crippen molar-refractivity contribution in [3.05, 3.63) is 22.6 Å². The molecule has 1 heterocycles. The fourth-order valence-corrected chi connectivity index (χ4v) is 2.89. The van der Waals surface area contributed by atoms with Crippen LogP contribution in [-0.4, -0.2) is 16.3 Å². The number of carbonyl (C=O) groups is 1. The molecule has 0 radical (unpaired) electrons. The van der Waals surface area contributed by atoms with Crippen LogP contribution in [0.25, 0.3) is 0 Å². The van der Waals surface area contributed by atoms with Gasteiger partial charge in [-0.15, -0.1) is 11.8 Å². The molecule has 2 nitrogen and oxygen atoms in total. The quantitative estimate of drug-likeness (QED) is 0.700. The molecular formula is C10H12O2S. The molecule has 2 aliphatic rings. The van der Waals surface area contributed by atoms with E-state index in [9.17, 15) is 4.79 Å². The normalized spacial score (nSPS) is 27.2. The predicted octanol–water partition coefficient (Wildman–Crippen LogP) is 2.57. The molecule has 1 unspecified atom stereocenters. The van der Waals surface area contributed by atoms with Crippen molar-refractivity contribution in [3.8, 4) is 0 Å². The molecule has 0 aromatic carbocycles. The Hall–Kier alpha value is -0.700. The van der Waals surface area contributed by atoms with Crippen LogP contribution in [0.3, 0.4) is 0 Å². The van der Waals surface area contributed by atoms with E-state index in [4.69, 9.17) is 5.11 Å². The van der Waals surface area contributed by atoms with Gasteiger partial charge in [-0.25, -0.2) is 0 Å². The molecule has 0 bridgehead atoms. The summed E-state index contributed by atoms with van der Waals surface area (Å²) in [6.07, 6.45) is 8.48. The Morgan fingerprint density at radius 2 is 2.23 bits per heavy atom. The van der Waals surface area contributed by atoms with E-state index in [2.05, 4.69) is 0 Å². The van der Waals surface area contributed by atoms with Gasteiger partial charge in [-0.3, -0.25) is 4.79 Å². The number of carboxylic acids is 1. The minimum absolute atomic E-state index is 0.350. The number of aliphatic carboxylic acids is 1. The van der Waals surface area contributed by atoms with Crippen molar-refractivity contribution < 1.29 is 9.90 Å². The summed E-state index contributed by atoms with van der Waals surface area (Å²) in [4.78, 5) is 12.0. The topological polar surface area (TPSA) is 37.3 Å². The maximum absolute atomic E-state index is 10.7. The van der Waals surface area contributed by atoms with Crippen molar-refractivity contribution in [1.29, 1.82) is 0 Å². The summed E-state index contributed by atoms with van der Waals surface area (Å²) < 4.78 is 0. The molecule has 0 aromatic heterocycles. The van der Waals surface area contributed by atoms with E-state index < -0.39 is 5.97 Å². The molecule has 1 aliphatic heterocycles. The zero-order valence-corrected chi connectivity index (χ0v) is 8.14. The van der Waals surface area contributed by atoms with Gasteiger partial charge in [0, 0.05) is 0 Å². The average Bonchev–Trinajstić information content (AvgIpc) is 2.17. The lowest BCUT2D eigenvalue weighted by Crippen LogP contribution is -2.17. The summed E-state index contributed by atoms with van der Waals surface area (Å²) in [7, 11) is 0. The average molecular weight is 196 g/mol. The van der Waals surface area contributed by atoms with E-state index in [1.807, 2.05) is 6.08 Å². The summed E-state index contributed by atoms with van der Waals surface area (Å²) in [6.45, 7) is 0. The van der Waals surface area contributed by atoms with Crippen molar-refractivity contribution in [1.82, 2.24) is 0 Å². The van der Waals surface area contributed by atoms with Gasteiger partial charge in [0.1, 0.15) is 5.25 Å². The minimum Gasteiger partial charge on any atom is -0.480 e. The number of rotatable bonds is 1. The highest BCUT2D eigenvalue weighted by molar-refractivity contribution is 8.04. The Kier molecular flexibility index (Phi) is 2.44. The molecule has 0 aromatic rings. The van der Waals surface area contributed by atoms with Crippen LogP contribution >= 0.6 is 11.8 Å². The molecule has 0 saturated heterocycles. The van der Waals surface area contributed by atoms with Gasteiger partial charge in [0.15, 0.2) is 0 Å². The van der Waals surface area contributed by atoms with Crippen molar-refractivity contribution in [2.75, 3.05) is 0 Å². The van der Waals surface area contributed by atoms with Crippen LogP contribution in [0, 0.1) is 0 Å². The summed E-state index contributed by atoms with van der Waals surface area (Å²) in [5.74, 6) is -0.724. The van der Waals surface area contributed by atoms with Crippen LogP contribution in [0.4, 0.5) is 0 Å². The van der Waals surface area contributed by atoms with Gasteiger partial charge in [-0.2, -0.15) is 0 Å². The molecule has 2 rings (SSSR count). The van der Waals surface area contributed by atoms with Crippen LogP contribution in [0.2, 0.25) is 0 Å². The largest absolute Gasteiger partial charge is 0.480 e. The van der Waals surface area contributed by atoms with Crippen LogP contribution in [0.15, 0.2) is 22.6 Å². The second-order valence-corrected chi connectivity index (χ2v) is 4.63. The van der Waals surface area contributed by atoms with Crippen LogP contribution < -0.4 is 0 Å². The van der Waals surface area contributed by atoms with Crippen LogP contribution in [0.1, 0.15) is 25.7 Å². The van der Waals surface area contributed by atoms with Crippen molar-refractivity contribution in [2.45, 2.75) is 30.9 Å². The van der Waals surface area contributed by atoms with E-state index in [-0.39, 0.29) is 5.25 Å². The molecule has 0 fully saturated rings. The van der Waals surface area contributed by atoms with Crippen LogP contribution in [0.5, 0.6) is 0 Å². The van der Waals surface area contributed by atoms with E-state index >= 15 is 0 Å². The molecule has 0 amide bonds. The highest BCUT2D eigenvalue weighted by Gasteiger charge is 2.23. The van der Waals surface area contributed by atoms with Gasteiger partial charge in [-0.1, -0.05) is 12.2 Å². The maximum Gasteiger partial charge on any atom is 0.320 e. The highest BCUT2D eigenvalue weighted by Crippen LogP contribution is 2.39. The molecule has 1 atom stereocenters. The van der Waals surface area contributed by atoms with E-state index in [0.717, 1.165) is 12.8 Å². The smallest absolute Gasteiger partial charge is 0.320 e. The van der Waals surface area contributed by atoms with Gasteiger partial charge in [0.25, 0.3) is 0 Å². The molecule has 70 valence electrons. The molecule has 1 N–H and O–H groups in total. The first-order valence-electron chi connectivity index (χ1n) is 4.57. The van der Waals surface area contributed by atoms with Gasteiger partial charge in [0.2, 0.25) is 0 Å². The zero-order valence-electron chi connectivity index (χ0n) is 7.32. The Morgan fingerprint density at radius 3 is 3.00 bits per heavy atom. The SMILES string of the molecule is O=C(O)C1C=CC2=C(CCCC2)S1. The Morgan fingerprint density at radius 1 is 1.46 bits per heavy atom. The minimum atomic E-state index is -0.724. The Bertz CT molecular complexity index is 291. The lowest BCUT2D eigenvalue weighted by Gasteiger charge is -2.23. The summed E-state index contributed by atoms with van der Waals surface area (Å²) in [6, 6.07) is 0. The number of hydrogen-bond donors (Lipinski definition) is 1. The molecular weight excluding hydrogens is 184 g/mol. The summed E-state index contributed by atoms with van der Waals surface area (Å²) >= 11 is 1.52. The van der Waals surface area contributed by atoms with Gasteiger partial charge in [-0.05, 0) is 36.2 Å². The van der Waals surface area contributed by atoms with Crippen molar-refractivity contribution in [2.24, 2.45) is 0 Å². The molecule has 0 spiro atoms. The third-order valence-corrected chi connectivity index (χ3v) is 3.81. The second kappa shape index (κ2) is 3.58. The lowest BCUT2D eigenvalue weighted by molar-refractivity contribution is -0.135. The number of allylic oxidation sites excluding steroid dienone is 3. The predicted molar refractivity (Wildman–Crippen MR) is 53.6 cm³/mol. The lowest BCUT2D eigenvalue weighted by atomic mass is 9.98. The fraction of sp³-hybridized carbons (Fsp3) is 0.500. The summed E-state index contributed by atoms with van der Waals surface area (Å²) in [5, 5.41) is 8.48. The number of hydrogen-bond acceptors (Lipinski definition) is 2. The number of carboxylic acid groups (broad SMARTS) is 1. The first-order chi connectivity index (χ1) is 6.27. The molecule has 1 aliphatic carbocycles. The third-order valence-electron chi connectivity index (χ3n) is 2.44.